The van der Waals surface area contributed by atoms with E-state index in [4.69, 9.17) is 9.94 Å². The minimum atomic E-state index is -0.509. The van der Waals surface area contributed by atoms with Crippen molar-refractivity contribution >= 4 is 5.69 Å². The van der Waals surface area contributed by atoms with Crippen LogP contribution in [0.25, 0.3) is 0 Å². The summed E-state index contributed by atoms with van der Waals surface area (Å²) in [6, 6.07) is 3.38. The van der Waals surface area contributed by atoms with E-state index in [0.29, 0.717) is 0 Å². The van der Waals surface area contributed by atoms with Gasteiger partial charge in [-0.3, -0.25) is 5.21 Å². The predicted molar refractivity (Wildman–Crippen MR) is 61.4 cm³/mol. The number of anilines is 1. The van der Waals surface area contributed by atoms with Crippen LogP contribution in [0.5, 0.6) is 5.75 Å². The molecule has 17 heavy (non-hydrogen) atoms. The van der Waals surface area contributed by atoms with Crippen molar-refractivity contribution < 1.29 is 14.3 Å². The molecular formula is C12H13FNO3-. The SMILES string of the molecule is [O-]N(O)c1ccc(F)cc1OC1C=CCCC1. The summed E-state index contributed by atoms with van der Waals surface area (Å²) in [6.07, 6.45) is 6.50. The lowest BCUT2D eigenvalue weighted by atomic mass is 10.1. The Hall–Kier alpha value is -1.59. The standard InChI is InChI=1S/C12H13FNO3/c13-9-6-7-11(14(15)16)12(8-9)17-10-4-2-1-3-5-10/h2,4,6-8,10,15H,1,3,5H2/q-1. The molecule has 0 bridgehead atoms. The number of ether oxygens (including phenoxy) is 1. The van der Waals surface area contributed by atoms with Crippen LogP contribution in [0.3, 0.4) is 0 Å². The molecule has 0 amide bonds. The van der Waals surface area contributed by atoms with Crippen molar-refractivity contribution in [3.8, 4) is 5.75 Å². The molecule has 5 heteroatoms. The zero-order chi connectivity index (χ0) is 12.3. The number of nitrogens with zero attached hydrogens (tertiary/aromatic N) is 1. The second kappa shape index (κ2) is 5.16. The zero-order valence-corrected chi connectivity index (χ0v) is 9.17. The lowest BCUT2D eigenvalue weighted by molar-refractivity contribution is 0.223. The summed E-state index contributed by atoms with van der Waals surface area (Å²) in [5.74, 6) is -0.454. The van der Waals surface area contributed by atoms with Crippen LogP contribution >= 0.6 is 0 Å². The molecule has 1 unspecified atom stereocenters. The first-order valence-electron chi connectivity index (χ1n) is 5.46. The number of hydrogen-bond acceptors (Lipinski definition) is 4. The van der Waals surface area contributed by atoms with Crippen LogP contribution in [0.2, 0.25) is 0 Å². The highest BCUT2D eigenvalue weighted by molar-refractivity contribution is 5.57. The maximum Gasteiger partial charge on any atom is 0.147 e. The summed E-state index contributed by atoms with van der Waals surface area (Å²) in [4.78, 5) is 0. The van der Waals surface area contributed by atoms with Gasteiger partial charge in [-0.25, -0.2) is 4.39 Å². The third kappa shape index (κ3) is 2.95. The molecule has 0 fully saturated rings. The van der Waals surface area contributed by atoms with Gasteiger partial charge in [0, 0.05) is 6.07 Å². The van der Waals surface area contributed by atoms with Crippen molar-refractivity contribution in [2.24, 2.45) is 0 Å². The molecule has 2 rings (SSSR count). The Kier molecular flexibility index (Phi) is 3.61. The molecule has 0 saturated heterocycles. The van der Waals surface area contributed by atoms with Crippen LogP contribution in [0, 0.1) is 11.0 Å². The topological polar surface area (TPSA) is 55.8 Å². The van der Waals surface area contributed by atoms with E-state index in [1.807, 2.05) is 12.2 Å². The number of allylic oxidation sites excluding steroid dienone is 1. The summed E-state index contributed by atoms with van der Waals surface area (Å²) in [5, 5.41) is 19.4. The smallest absolute Gasteiger partial charge is 0.147 e. The van der Waals surface area contributed by atoms with Crippen LogP contribution in [0.4, 0.5) is 10.1 Å². The second-order valence-corrected chi connectivity index (χ2v) is 3.90. The van der Waals surface area contributed by atoms with E-state index in [2.05, 4.69) is 0 Å². The Balaban J connectivity index is 2.20. The van der Waals surface area contributed by atoms with Gasteiger partial charge in [0.05, 0.1) is 5.69 Å². The fourth-order valence-corrected chi connectivity index (χ4v) is 1.78. The summed E-state index contributed by atoms with van der Waals surface area (Å²) in [6.45, 7) is 0. The van der Waals surface area contributed by atoms with E-state index in [9.17, 15) is 9.60 Å². The zero-order valence-electron chi connectivity index (χ0n) is 9.17. The van der Waals surface area contributed by atoms with E-state index in [0.717, 1.165) is 31.4 Å². The third-order valence-electron chi connectivity index (χ3n) is 2.62. The first-order chi connectivity index (χ1) is 8.16. The van der Waals surface area contributed by atoms with Gasteiger partial charge in [0.15, 0.2) is 0 Å². The van der Waals surface area contributed by atoms with Gasteiger partial charge < -0.3 is 15.2 Å². The van der Waals surface area contributed by atoms with Crippen LogP contribution in [0.15, 0.2) is 30.4 Å². The molecule has 92 valence electrons. The van der Waals surface area contributed by atoms with Crippen molar-refractivity contribution in [1.82, 2.24) is 0 Å². The Labute approximate surface area is 98.5 Å². The second-order valence-electron chi connectivity index (χ2n) is 3.90. The predicted octanol–water partition coefficient (Wildman–Crippen LogP) is 3.01. The minimum Gasteiger partial charge on any atom is -0.733 e. The highest BCUT2D eigenvalue weighted by Crippen LogP contribution is 2.30. The Morgan fingerprint density at radius 1 is 1.47 bits per heavy atom. The maximum absolute atomic E-state index is 13.1. The van der Waals surface area contributed by atoms with Gasteiger partial charge in [0.1, 0.15) is 17.7 Å². The van der Waals surface area contributed by atoms with Gasteiger partial charge >= 0.3 is 0 Å². The number of benzene rings is 1. The molecule has 1 atom stereocenters. The molecule has 0 radical (unpaired) electrons. The number of halogens is 1. The Morgan fingerprint density at radius 2 is 2.29 bits per heavy atom. The normalized spacial score (nSPS) is 19.1. The Morgan fingerprint density at radius 3 is 2.94 bits per heavy atom. The first-order valence-corrected chi connectivity index (χ1v) is 5.46. The van der Waals surface area contributed by atoms with Crippen LogP contribution in [-0.4, -0.2) is 11.3 Å². The lowest BCUT2D eigenvalue weighted by Gasteiger charge is -2.26. The van der Waals surface area contributed by atoms with E-state index < -0.39 is 5.82 Å². The summed E-state index contributed by atoms with van der Waals surface area (Å²) < 4.78 is 18.6. The quantitative estimate of drug-likeness (QED) is 0.649. The molecule has 0 aromatic heterocycles. The largest absolute Gasteiger partial charge is 0.733 e. The first kappa shape index (κ1) is 11.9. The summed E-state index contributed by atoms with van der Waals surface area (Å²) in [7, 11) is 0. The van der Waals surface area contributed by atoms with Gasteiger partial charge in [0.25, 0.3) is 0 Å². The molecule has 1 aromatic carbocycles. The molecule has 1 aromatic rings. The summed E-state index contributed by atoms with van der Waals surface area (Å²) in [5.41, 5.74) is -0.0922. The van der Waals surface area contributed by atoms with Gasteiger partial charge in [-0.15, -0.1) is 0 Å². The number of rotatable bonds is 3. The molecule has 1 aliphatic carbocycles. The monoisotopic (exact) mass is 238 g/mol. The number of hydrogen-bond donors (Lipinski definition) is 1. The fourth-order valence-electron chi connectivity index (χ4n) is 1.78. The van der Waals surface area contributed by atoms with Gasteiger partial charge in [0.2, 0.25) is 0 Å². The van der Waals surface area contributed by atoms with Crippen LogP contribution in [-0.2, 0) is 0 Å². The minimum absolute atomic E-state index is 0.0547. The van der Waals surface area contributed by atoms with Crippen molar-refractivity contribution in [3.63, 3.8) is 0 Å². The Bertz CT molecular complexity index is 420. The molecule has 4 nitrogen and oxygen atoms in total. The van der Waals surface area contributed by atoms with E-state index in [1.165, 1.54) is 6.07 Å². The van der Waals surface area contributed by atoms with E-state index in [1.54, 1.807) is 0 Å². The fraction of sp³-hybridized carbons (Fsp3) is 0.333. The van der Waals surface area contributed by atoms with Gasteiger partial charge in [-0.05, 0) is 37.5 Å². The van der Waals surface area contributed by atoms with E-state index >= 15 is 0 Å². The maximum atomic E-state index is 13.1. The third-order valence-corrected chi connectivity index (χ3v) is 2.62. The van der Waals surface area contributed by atoms with Gasteiger partial charge in [-0.1, -0.05) is 6.08 Å². The summed E-state index contributed by atoms with van der Waals surface area (Å²) >= 11 is 0. The molecule has 0 heterocycles. The van der Waals surface area contributed by atoms with Crippen molar-refractivity contribution in [1.29, 1.82) is 0 Å². The molecule has 0 saturated carbocycles. The van der Waals surface area contributed by atoms with Crippen LogP contribution < -0.4 is 9.96 Å². The van der Waals surface area contributed by atoms with Crippen molar-refractivity contribution in [3.05, 3.63) is 41.4 Å². The molecule has 1 aliphatic rings. The average molecular weight is 238 g/mol. The van der Waals surface area contributed by atoms with Crippen molar-refractivity contribution in [2.75, 3.05) is 5.23 Å². The molecular weight excluding hydrogens is 225 g/mol. The highest BCUT2D eigenvalue weighted by atomic mass is 19.1. The van der Waals surface area contributed by atoms with Gasteiger partial charge in [-0.2, -0.15) is 0 Å². The molecule has 0 spiro atoms. The van der Waals surface area contributed by atoms with Crippen LogP contribution in [0.1, 0.15) is 19.3 Å². The average Bonchev–Trinajstić information content (AvgIpc) is 2.30. The lowest BCUT2D eigenvalue weighted by Crippen LogP contribution is -2.18. The van der Waals surface area contributed by atoms with Crippen molar-refractivity contribution in [2.45, 2.75) is 25.4 Å². The van der Waals surface area contributed by atoms with E-state index in [-0.39, 0.29) is 22.8 Å². The molecule has 1 N–H and O–H groups in total. The highest BCUT2D eigenvalue weighted by Gasteiger charge is 2.13. The molecule has 0 aliphatic heterocycles.